The van der Waals surface area contributed by atoms with E-state index in [2.05, 4.69) is 15.5 Å². The zero-order chi connectivity index (χ0) is 27.8. The van der Waals surface area contributed by atoms with E-state index in [9.17, 15) is 19.1 Å². The number of aliphatic hydroxyl groups excluding tert-OH is 1. The van der Waals surface area contributed by atoms with Gasteiger partial charge in [-0.05, 0) is 54.2 Å². The standard InChI is InChI=1S/C30H35ClFN3O4/c1-39-30(38)34-28(21-9-11-22(31)12-10-21)8-5-15-33-29(37)26-19-35(17-20-6-3-2-4-7-20)18-25(26)24-14-13-23(36)16-27(24)32/h2-4,6-7,9-14,16,24-28,36H,5,8,15,17-19H2,1H3,(H,33,37)(H,34,38)/t24?,25-,26?,27?,28?/m0/s1. The van der Waals surface area contributed by atoms with Crippen molar-refractivity contribution in [2.75, 3.05) is 26.7 Å². The number of nitrogens with zero attached hydrogens (tertiary/aromatic N) is 1. The minimum atomic E-state index is -1.35. The van der Waals surface area contributed by atoms with Crippen LogP contribution in [-0.2, 0) is 16.1 Å². The Morgan fingerprint density at radius 1 is 1.15 bits per heavy atom. The van der Waals surface area contributed by atoms with E-state index >= 15 is 0 Å². The minimum Gasteiger partial charge on any atom is -0.508 e. The number of amides is 2. The van der Waals surface area contributed by atoms with Gasteiger partial charge >= 0.3 is 6.09 Å². The summed E-state index contributed by atoms with van der Waals surface area (Å²) >= 11 is 6.01. The lowest BCUT2D eigenvalue weighted by atomic mass is 9.79. The lowest BCUT2D eigenvalue weighted by Gasteiger charge is -2.28. The highest BCUT2D eigenvalue weighted by Crippen LogP contribution is 2.37. The maximum atomic E-state index is 15.0. The summed E-state index contributed by atoms with van der Waals surface area (Å²) < 4.78 is 19.7. The summed E-state index contributed by atoms with van der Waals surface area (Å²) in [5, 5.41) is 16.2. The highest BCUT2D eigenvalue weighted by Gasteiger charge is 2.43. The van der Waals surface area contributed by atoms with E-state index in [4.69, 9.17) is 16.3 Å². The summed E-state index contributed by atoms with van der Waals surface area (Å²) in [4.78, 5) is 27.5. The zero-order valence-electron chi connectivity index (χ0n) is 21.9. The second-order valence-electron chi connectivity index (χ2n) is 10.1. The van der Waals surface area contributed by atoms with Gasteiger partial charge in [0, 0.05) is 37.1 Å². The Kier molecular flexibility index (Phi) is 10.0. The zero-order valence-corrected chi connectivity index (χ0v) is 22.7. The number of hydrogen-bond donors (Lipinski definition) is 3. The van der Waals surface area contributed by atoms with Gasteiger partial charge in [0.15, 0.2) is 0 Å². The van der Waals surface area contributed by atoms with Crippen molar-refractivity contribution in [2.24, 2.45) is 17.8 Å². The highest BCUT2D eigenvalue weighted by molar-refractivity contribution is 6.30. The third-order valence-corrected chi connectivity index (χ3v) is 7.68. The molecule has 0 saturated carbocycles. The monoisotopic (exact) mass is 555 g/mol. The fourth-order valence-corrected chi connectivity index (χ4v) is 5.57. The number of allylic oxidation sites excluding steroid dienone is 3. The molecule has 5 atom stereocenters. The average molecular weight is 556 g/mol. The van der Waals surface area contributed by atoms with E-state index in [0.717, 1.165) is 11.1 Å². The van der Waals surface area contributed by atoms with Crippen LogP contribution >= 0.6 is 11.6 Å². The van der Waals surface area contributed by atoms with Gasteiger partial charge in [0.05, 0.1) is 19.1 Å². The number of hydrogen-bond acceptors (Lipinski definition) is 5. The maximum Gasteiger partial charge on any atom is 0.407 e. The molecule has 39 heavy (non-hydrogen) atoms. The normalized spacial score (nSPS) is 23.6. The molecule has 0 radical (unpaired) electrons. The van der Waals surface area contributed by atoms with Gasteiger partial charge in [-0.2, -0.15) is 0 Å². The predicted molar refractivity (Wildman–Crippen MR) is 149 cm³/mol. The minimum absolute atomic E-state index is 0.0882. The van der Waals surface area contributed by atoms with Crippen molar-refractivity contribution < 1.29 is 23.8 Å². The van der Waals surface area contributed by atoms with Gasteiger partial charge in [-0.1, -0.05) is 60.1 Å². The summed E-state index contributed by atoms with van der Waals surface area (Å²) in [6, 6.07) is 16.9. The SMILES string of the molecule is COC(=O)NC(CCCNC(=O)C1CN(Cc2ccccc2)C[C@H]1C1C=CC(O)=CC1F)c1ccc(Cl)cc1. The number of aliphatic hydroxyl groups is 1. The van der Waals surface area contributed by atoms with Crippen LogP contribution in [0.15, 0.2) is 78.6 Å². The Morgan fingerprint density at radius 2 is 1.90 bits per heavy atom. The molecular weight excluding hydrogens is 521 g/mol. The molecule has 2 aliphatic rings. The van der Waals surface area contributed by atoms with Crippen LogP contribution in [0.3, 0.4) is 0 Å². The van der Waals surface area contributed by atoms with Crippen LogP contribution in [0.25, 0.3) is 0 Å². The molecule has 4 unspecified atom stereocenters. The van der Waals surface area contributed by atoms with Crippen molar-refractivity contribution in [1.29, 1.82) is 0 Å². The lowest BCUT2D eigenvalue weighted by Crippen LogP contribution is -2.39. The number of carbonyl (C=O) groups excluding carboxylic acids is 2. The number of nitrogens with one attached hydrogen (secondary N) is 2. The maximum absolute atomic E-state index is 15.0. The molecule has 1 fully saturated rings. The number of benzene rings is 2. The number of carbonyl (C=O) groups is 2. The first-order chi connectivity index (χ1) is 18.8. The van der Waals surface area contributed by atoms with E-state index in [1.54, 1.807) is 18.2 Å². The fraction of sp³-hybridized carbons (Fsp3) is 0.400. The Balaban J connectivity index is 1.38. The van der Waals surface area contributed by atoms with Gasteiger partial charge in [0.2, 0.25) is 5.91 Å². The summed E-state index contributed by atoms with van der Waals surface area (Å²) in [6.45, 7) is 2.19. The van der Waals surface area contributed by atoms with Crippen LogP contribution in [0.5, 0.6) is 0 Å². The van der Waals surface area contributed by atoms with Crippen LogP contribution < -0.4 is 10.6 Å². The number of alkyl halides is 1. The molecule has 3 N–H and O–H groups in total. The third kappa shape index (κ3) is 7.83. The fourth-order valence-electron chi connectivity index (χ4n) is 5.44. The first-order valence-corrected chi connectivity index (χ1v) is 13.6. The van der Waals surface area contributed by atoms with Crippen molar-refractivity contribution in [3.8, 4) is 0 Å². The molecule has 0 aromatic heterocycles. The molecule has 2 aromatic rings. The average Bonchev–Trinajstić information content (AvgIpc) is 3.34. The molecule has 1 heterocycles. The second kappa shape index (κ2) is 13.6. The molecule has 0 bridgehead atoms. The van der Waals surface area contributed by atoms with Crippen molar-refractivity contribution in [3.05, 3.63) is 94.7 Å². The molecule has 1 aliphatic carbocycles. The Hall–Kier alpha value is -3.36. The quantitative estimate of drug-likeness (QED) is 0.344. The summed E-state index contributed by atoms with van der Waals surface area (Å²) in [5.74, 6) is -1.31. The molecule has 1 saturated heterocycles. The number of rotatable bonds is 10. The van der Waals surface area contributed by atoms with Crippen LogP contribution in [0.4, 0.5) is 9.18 Å². The van der Waals surface area contributed by atoms with Crippen molar-refractivity contribution in [1.82, 2.24) is 15.5 Å². The number of ether oxygens (including phenoxy) is 1. The summed E-state index contributed by atoms with van der Waals surface area (Å²) in [6.07, 6.45) is 3.72. The lowest BCUT2D eigenvalue weighted by molar-refractivity contribution is -0.126. The largest absolute Gasteiger partial charge is 0.508 e. The summed E-state index contributed by atoms with van der Waals surface area (Å²) in [5.41, 5.74) is 2.02. The molecular formula is C30H35ClFN3O4. The van der Waals surface area contributed by atoms with Gasteiger partial charge < -0.3 is 20.5 Å². The van der Waals surface area contributed by atoms with E-state index in [1.165, 1.54) is 19.3 Å². The molecule has 7 nitrogen and oxygen atoms in total. The van der Waals surface area contributed by atoms with Gasteiger partial charge in [-0.25, -0.2) is 9.18 Å². The van der Waals surface area contributed by atoms with Gasteiger partial charge in [-0.15, -0.1) is 0 Å². The van der Waals surface area contributed by atoms with Crippen LogP contribution in [-0.4, -0.2) is 54.9 Å². The van der Waals surface area contributed by atoms with Gasteiger partial charge in [0.25, 0.3) is 0 Å². The molecule has 9 heteroatoms. The van der Waals surface area contributed by atoms with Crippen LogP contribution in [0, 0.1) is 17.8 Å². The van der Waals surface area contributed by atoms with Crippen molar-refractivity contribution in [3.63, 3.8) is 0 Å². The van der Waals surface area contributed by atoms with Crippen LogP contribution in [0.1, 0.15) is 30.0 Å². The van der Waals surface area contributed by atoms with Crippen molar-refractivity contribution >= 4 is 23.6 Å². The number of alkyl carbamates (subject to hydrolysis) is 1. The Labute approximate surface area is 233 Å². The van der Waals surface area contributed by atoms with E-state index in [1.807, 2.05) is 42.5 Å². The molecule has 2 aromatic carbocycles. The number of halogens is 2. The molecule has 2 amide bonds. The molecule has 0 spiro atoms. The Bertz CT molecular complexity index is 1170. The van der Waals surface area contributed by atoms with E-state index in [-0.39, 0.29) is 23.6 Å². The third-order valence-electron chi connectivity index (χ3n) is 7.43. The van der Waals surface area contributed by atoms with Gasteiger partial charge in [0.1, 0.15) is 11.9 Å². The first-order valence-electron chi connectivity index (χ1n) is 13.2. The predicted octanol–water partition coefficient (Wildman–Crippen LogP) is 5.35. The van der Waals surface area contributed by atoms with Crippen molar-refractivity contribution in [2.45, 2.75) is 31.6 Å². The smallest absolute Gasteiger partial charge is 0.407 e. The van der Waals surface area contributed by atoms with Crippen LogP contribution in [0.2, 0.25) is 5.02 Å². The molecule has 208 valence electrons. The van der Waals surface area contributed by atoms with E-state index in [0.29, 0.717) is 44.0 Å². The molecule has 4 rings (SSSR count). The first kappa shape index (κ1) is 28.6. The molecule has 1 aliphatic heterocycles. The van der Waals surface area contributed by atoms with Gasteiger partial charge in [-0.3, -0.25) is 9.69 Å². The topological polar surface area (TPSA) is 90.9 Å². The number of methoxy groups -OCH3 is 1. The van der Waals surface area contributed by atoms with E-state index < -0.39 is 24.1 Å². The Morgan fingerprint density at radius 3 is 2.59 bits per heavy atom. The second-order valence-corrected chi connectivity index (χ2v) is 10.5. The summed E-state index contributed by atoms with van der Waals surface area (Å²) in [7, 11) is 1.31. The number of likely N-dealkylation sites (tertiary alicyclic amines) is 1. The highest BCUT2D eigenvalue weighted by atomic mass is 35.5.